The number of thiol groups is 1. The van der Waals surface area contributed by atoms with Gasteiger partial charge < -0.3 is 0 Å². The van der Waals surface area contributed by atoms with Crippen LogP contribution in [-0.2, 0) is 0 Å². The molecule has 0 aliphatic rings. The lowest BCUT2D eigenvalue weighted by Crippen LogP contribution is -2.16. The lowest BCUT2D eigenvalue weighted by Gasteiger charge is -2.18. The SMILES string of the molecule is C/C=C(\C(=NS)C(C)CCC)C(C)C. The highest BCUT2D eigenvalue weighted by atomic mass is 32.1. The van der Waals surface area contributed by atoms with Crippen molar-refractivity contribution in [2.45, 2.75) is 47.5 Å². The maximum atomic E-state index is 4.14. The molecule has 0 aromatic heterocycles. The molecule has 0 saturated carbocycles. The Bertz CT molecular complexity index is 216. The predicted molar refractivity (Wildman–Crippen MR) is 69.1 cm³/mol. The third kappa shape index (κ3) is 3.87. The van der Waals surface area contributed by atoms with Crippen LogP contribution in [0, 0.1) is 11.8 Å². The van der Waals surface area contributed by atoms with Crippen molar-refractivity contribution in [2.24, 2.45) is 16.2 Å². The van der Waals surface area contributed by atoms with E-state index in [2.05, 4.69) is 57.9 Å². The van der Waals surface area contributed by atoms with Gasteiger partial charge in [0.25, 0.3) is 0 Å². The molecule has 0 bridgehead atoms. The molecule has 0 aliphatic heterocycles. The van der Waals surface area contributed by atoms with E-state index in [-0.39, 0.29) is 0 Å². The Morgan fingerprint density at radius 1 is 1.36 bits per heavy atom. The zero-order chi connectivity index (χ0) is 11.1. The van der Waals surface area contributed by atoms with Crippen molar-refractivity contribution in [2.75, 3.05) is 0 Å². The molecule has 0 aliphatic carbocycles. The molecular weight excluding hydrogens is 190 g/mol. The van der Waals surface area contributed by atoms with Gasteiger partial charge in [-0.3, -0.25) is 0 Å². The van der Waals surface area contributed by atoms with Crippen LogP contribution in [0.2, 0.25) is 0 Å². The van der Waals surface area contributed by atoms with Crippen molar-refractivity contribution in [1.82, 2.24) is 0 Å². The normalized spacial score (nSPS) is 16.2. The van der Waals surface area contributed by atoms with E-state index < -0.39 is 0 Å². The van der Waals surface area contributed by atoms with Crippen LogP contribution in [0.4, 0.5) is 0 Å². The Morgan fingerprint density at radius 3 is 2.21 bits per heavy atom. The first-order valence-electron chi connectivity index (χ1n) is 5.46. The van der Waals surface area contributed by atoms with Crippen LogP contribution in [0.25, 0.3) is 0 Å². The van der Waals surface area contributed by atoms with E-state index in [0.717, 1.165) is 5.71 Å². The molecular formula is C12H23NS. The van der Waals surface area contributed by atoms with Crippen LogP contribution in [0.1, 0.15) is 47.5 Å². The van der Waals surface area contributed by atoms with Crippen LogP contribution in [0.3, 0.4) is 0 Å². The van der Waals surface area contributed by atoms with Crippen molar-refractivity contribution >= 4 is 18.5 Å². The average Bonchev–Trinajstić information content (AvgIpc) is 2.13. The third-order valence-corrected chi connectivity index (χ3v) is 2.74. The number of hydrogen-bond donors (Lipinski definition) is 1. The third-order valence-electron chi connectivity index (χ3n) is 2.52. The zero-order valence-corrected chi connectivity index (χ0v) is 10.9. The summed E-state index contributed by atoms with van der Waals surface area (Å²) in [5, 5.41) is 0. The summed E-state index contributed by atoms with van der Waals surface area (Å²) in [7, 11) is 0. The number of nitrogens with zero attached hydrogens (tertiary/aromatic N) is 1. The predicted octanol–water partition coefficient (Wildman–Crippen LogP) is 4.31. The maximum Gasteiger partial charge on any atom is 0.0543 e. The van der Waals surface area contributed by atoms with Gasteiger partial charge in [0.05, 0.1) is 5.71 Å². The Hall–Kier alpha value is -0.240. The Labute approximate surface area is 94.2 Å². The molecule has 0 N–H and O–H groups in total. The lowest BCUT2D eigenvalue weighted by atomic mass is 9.88. The van der Waals surface area contributed by atoms with Crippen LogP contribution < -0.4 is 0 Å². The molecule has 0 fully saturated rings. The van der Waals surface area contributed by atoms with E-state index in [1.807, 2.05) is 0 Å². The van der Waals surface area contributed by atoms with Gasteiger partial charge in [0.15, 0.2) is 0 Å². The van der Waals surface area contributed by atoms with Gasteiger partial charge in [-0.1, -0.05) is 40.2 Å². The van der Waals surface area contributed by atoms with Gasteiger partial charge in [0.2, 0.25) is 0 Å². The topological polar surface area (TPSA) is 12.4 Å². The number of hydrogen-bond acceptors (Lipinski definition) is 2. The van der Waals surface area contributed by atoms with Crippen LogP contribution >= 0.6 is 12.8 Å². The van der Waals surface area contributed by atoms with Gasteiger partial charge in [0.1, 0.15) is 0 Å². The molecule has 0 aromatic carbocycles. The molecule has 82 valence electrons. The van der Waals surface area contributed by atoms with Crippen molar-refractivity contribution in [3.63, 3.8) is 0 Å². The molecule has 1 nitrogen and oxygen atoms in total. The fourth-order valence-corrected chi connectivity index (χ4v) is 2.10. The maximum absolute atomic E-state index is 4.14. The van der Waals surface area contributed by atoms with Gasteiger partial charge in [-0.15, -0.1) is 0 Å². The standard InChI is InChI=1S/C12H23NS/c1-6-8-10(5)12(13-14)11(7-2)9(3)4/h7,9-10,14H,6,8H2,1-5H3/b11-7-,13-12?. The zero-order valence-electron chi connectivity index (χ0n) is 10.0. The van der Waals surface area contributed by atoms with Crippen molar-refractivity contribution < 1.29 is 0 Å². The molecule has 14 heavy (non-hydrogen) atoms. The van der Waals surface area contributed by atoms with Gasteiger partial charge in [-0.25, -0.2) is 4.40 Å². The van der Waals surface area contributed by atoms with Crippen LogP contribution in [-0.4, -0.2) is 5.71 Å². The van der Waals surface area contributed by atoms with Crippen molar-refractivity contribution in [1.29, 1.82) is 0 Å². The number of rotatable bonds is 5. The van der Waals surface area contributed by atoms with Crippen molar-refractivity contribution in [3.05, 3.63) is 11.6 Å². The van der Waals surface area contributed by atoms with Gasteiger partial charge in [0, 0.05) is 0 Å². The molecule has 0 radical (unpaired) electrons. The van der Waals surface area contributed by atoms with Crippen LogP contribution in [0.15, 0.2) is 16.0 Å². The first-order chi connectivity index (χ1) is 6.58. The quantitative estimate of drug-likeness (QED) is 0.516. The summed E-state index contributed by atoms with van der Waals surface area (Å²) in [6, 6.07) is 0. The molecule has 0 spiro atoms. The largest absolute Gasteiger partial charge is 0.224 e. The van der Waals surface area contributed by atoms with E-state index in [1.54, 1.807) is 0 Å². The minimum Gasteiger partial charge on any atom is -0.224 e. The summed E-state index contributed by atoms with van der Waals surface area (Å²) in [5.74, 6) is 1.05. The molecule has 0 heterocycles. The Kier molecular flexibility index (Phi) is 6.98. The minimum atomic E-state index is 0.520. The van der Waals surface area contributed by atoms with Crippen LogP contribution in [0.5, 0.6) is 0 Å². The minimum absolute atomic E-state index is 0.520. The summed E-state index contributed by atoms with van der Waals surface area (Å²) >= 11 is 4.08. The molecule has 2 heteroatoms. The van der Waals surface area contributed by atoms with E-state index in [4.69, 9.17) is 0 Å². The van der Waals surface area contributed by atoms with Gasteiger partial charge >= 0.3 is 0 Å². The molecule has 0 rings (SSSR count). The highest BCUT2D eigenvalue weighted by molar-refractivity contribution is 7.79. The lowest BCUT2D eigenvalue weighted by molar-refractivity contribution is 0.657. The monoisotopic (exact) mass is 213 g/mol. The highest BCUT2D eigenvalue weighted by Gasteiger charge is 2.16. The molecule has 0 saturated heterocycles. The summed E-state index contributed by atoms with van der Waals surface area (Å²) in [6.45, 7) is 10.9. The summed E-state index contributed by atoms with van der Waals surface area (Å²) in [6.07, 6.45) is 4.54. The Morgan fingerprint density at radius 2 is 1.93 bits per heavy atom. The summed E-state index contributed by atoms with van der Waals surface area (Å²) in [5.41, 5.74) is 2.49. The molecule has 1 unspecified atom stereocenters. The highest BCUT2D eigenvalue weighted by Crippen LogP contribution is 2.20. The Balaban J connectivity index is 4.72. The molecule has 0 aromatic rings. The second kappa shape index (κ2) is 7.10. The first kappa shape index (κ1) is 13.8. The molecule has 0 amide bonds. The summed E-state index contributed by atoms with van der Waals surface area (Å²) in [4.78, 5) is 0. The van der Waals surface area contributed by atoms with Gasteiger partial charge in [-0.05, 0) is 43.6 Å². The molecule has 1 atom stereocenters. The van der Waals surface area contributed by atoms with Crippen molar-refractivity contribution in [3.8, 4) is 0 Å². The fraction of sp³-hybridized carbons (Fsp3) is 0.750. The average molecular weight is 213 g/mol. The summed E-state index contributed by atoms with van der Waals surface area (Å²) < 4.78 is 4.14. The van der Waals surface area contributed by atoms with E-state index in [0.29, 0.717) is 11.8 Å². The van der Waals surface area contributed by atoms with E-state index >= 15 is 0 Å². The fourth-order valence-electron chi connectivity index (χ4n) is 1.79. The number of allylic oxidation sites excluding steroid dienone is 2. The second-order valence-corrected chi connectivity index (χ2v) is 4.27. The van der Waals surface area contributed by atoms with E-state index in [1.165, 1.54) is 18.4 Å². The second-order valence-electron chi connectivity index (χ2n) is 4.07. The van der Waals surface area contributed by atoms with Gasteiger partial charge in [-0.2, -0.15) is 0 Å². The first-order valence-corrected chi connectivity index (χ1v) is 5.86. The smallest absolute Gasteiger partial charge is 0.0543 e. The van der Waals surface area contributed by atoms with E-state index in [9.17, 15) is 0 Å².